The standard InChI is InChI=1S/C12H17N4O8P/c1-14-5-16(10-9(14)11(18)15(2)12(19)13-10)8-3-6(7(4-17)23-8)24-25(20,21)22/h5-8,17H,3-4H2,1-2H3,(H2-,13,18,19,20,21,22)/p+1/t6-,7+,8+/m0/s1. The molecule has 3 rings (SSSR count). The van der Waals surface area contributed by atoms with Crippen LogP contribution in [0.25, 0.3) is 11.2 Å². The Bertz CT molecular complexity index is 972. The van der Waals surface area contributed by atoms with E-state index in [1.807, 2.05) is 0 Å². The Hall–Kier alpha value is -1.82. The zero-order valence-electron chi connectivity index (χ0n) is 13.4. The minimum absolute atomic E-state index is 0.0113. The molecule has 25 heavy (non-hydrogen) atoms. The first-order chi connectivity index (χ1) is 11.6. The van der Waals surface area contributed by atoms with Gasteiger partial charge in [0.05, 0.1) is 13.7 Å². The molecule has 0 aromatic carbocycles. The van der Waals surface area contributed by atoms with Crippen molar-refractivity contribution in [2.24, 2.45) is 14.1 Å². The molecular formula is C12H18N4O8P+. The number of aliphatic hydroxyl groups is 1. The van der Waals surface area contributed by atoms with E-state index in [2.05, 4.69) is 9.51 Å². The SMILES string of the molecule is Cn1c(=O)[nH]c2c(c1=O)n(C)c[n+]2[C@H]1C[C@H](OP(=O)(O)O)[C@@H](CO)O1. The molecule has 138 valence electrons. The van der Waals surface area contributed by atoms with Crippen molar-refractivity contribution in [3.8, 4) is 0 Å². The van der Waals surface area contributed by atoms with Crippen molar-refractivity contribution in [3.63, 3.8) is 0 Å². The number of rotatable bonds is 4. The Kier molecular flexibility index (Phi) is 4.43. The van der Waals surface area contributed by atoms with Crippen LogP contribution in [-0.4, -0.2) is 47.8 Å². The third kappa shape index (κ3) is 3.19. The summed E-state index contributed by atoms with van der Waals surface area (Å²) in [7, 11) is -1.81. The first-order valence-corrected chi connectivity index (χ1v) is 8.85. The van der Waals surface area contributed by atoms with Crippen LogP contribution < -0.4 is 15.8 Å². The van der Waals surface area contributed by atoms with Crippen LogP contribution in [0, 0.1) is 0 Å². The van der Waals surface area contributed by atoms with Crippen LogP contribution in [0.3, 0.4) is 0 Å². The van der Waals surface area contributed by atoms with Gasteiger partial charge in [-0.25, -0.2) is 23.5 Å². The van der Waals surface area contributed by atoms with E-state index in [1.165, 1.54) is 22.5 Å². The molecule has 0 radical (unpaired) electrons. The maximum Gasteiger partial charge on any atom is 0.469 e. The molecule has 1 saturated heterocycles. The van der Waals surface area contributed by atoms with Gasteiger partial charge in [-0.3, -0.25) is 13.9 Å². The molecule has 0 aliphatic carbocycles. The number of aryl methyl sites for hydroxylation is 1. The molecule has 2 aromatic heterocycles. The number of fused-ring (bicyclic) bond motifs is 1. The predicted molar refractivity (Wildman–Crippen MR) is 81.5 cm³/mol. The Morgan fingerprint density at radius 3 is 2.72 bits per heavy atom. The number of ether oxygens (including phenoxy) is 1. The molecule has 0 unspecified atom stereocenters. The van der Waals surface area contributed by atoms with Crippen molar-refractivity contribution in [1.82, 2.24) is 14.1 Å². The second kappa shape index (κ2) is 6.16. The maximum absolute atomic E-state index is 12.3. The fourth-order valence-corrected chi connectivity index (χ4v) is 3.52. The van der Waals surface area contributed by atoms with Crippen LogP contribution in [0.1, 0.15) is 12.6 Å². The van der Waals surface area contributed by atoms with Gasteiger partial charge in [0.2, 0.25) is 5.52 Å². The van der Waals surface area contributed by atoms with Gasteiger partial charge in [-0.05, 0) is 0 Å². The molecule has 0 bridgehead atoms. The molecule has 0 spiro atoms. The second-order valence-electron chi connectivity index (χ2n) is 5.81. The number of phosphoric ester groups is 1. The number of aromatic amines is 1. The molecule has 4 N–H and O–H groups in total. The lowest BCUT2D eigenvalue weighted by atomic mass is 10.2. The van der Waals surface area contributed by atoms with E-state index in [0.29, 0.717) is 0 Å². The van der Waals surface area contributed by atoms with Crippen molar-refractivity contribution in [3.05, 3.63) is 27.2 Å². The van der Waals surface area contributed by atoms with Gasteiger partial charge in [0.1, 0.15) is 12.2 Å². The summed E-state index contributed by atoms with van der Waals surface area (Å²) in [5.74, 6) is 0. The summed E-state index contributed by atoms with van der Waals surface area (Å²) in [5.41, 5.74) is -0.684. The quantitative estimate of drug-likeness (QED) is 0.339. The fraction of sp³-hybridized carbons (Fsp3) is 0.583. The zero-order chi connectivity index (χ0) is 18.5. The second-order valence-corrected chi connectivity index (χ2v) is 7.00. The van der Waals surface area contributed by atoms with Crippen LogP contribution in [0.5, 0.6) is 0 Å². The summed E-state index contributed by atoms with van der Waals surface area (Å²) in [6.45, 7) is -0.509. The Balaban J connectivity index is 2.05. The van der Waals surface area contributed by atoms with E-state index in [1.54, 1.807) is 7.05 Å². The number of nitrogens with zero attached hydrogens (tertiary/aromatic N) is 3. The highest BCUT2D eigenvalue weighted by molar-refractivity contribution is 7.46. The lowest BCUT2D eigenvalue weighted by Gasteiger charge is -2.16. The van der Waals surface area contributed by atoms with Gasteiger partial charge in [0.25, 0.3) is 5.65 Å². The first-order valence-electron chi connectivity index (χ1n) is 7.32. The fourth-order valence-electron chi connectivity index (χ4n) is 2.94. The number of hydrogen-bond donors (Lipinski definition) is 4. The number of hydrogen-bond acceptors (Lipinski definition) is 6. The molecule has 0 saturated carbocycles. The van der Waals surface area contributed by atoms with Crippen molar-refractivity contribution >= 4 is 19.0 Å². The van der Waals surface area contributed by atoms with E-state index < -0.39 is 44.1 Å². The Morgan fingerprint density at radius 2 is 2.12 bits per heavy atom. The van der Waals surface area contributed by atoms with Crippen LogP contribution in [-0.2, 0) is 27.9 Å². The van der Waals surface area contributed by atoms with Crippen molar-refractivity contribution in [1.29, 1.82) is 0 Å². The number of nitrogens with one attached hydrogen (secondary N) is 1. The molecule has 0 amide bonds. The van der Waals surface area contributed by atoms with E-state index in [-0.39, 0.29) is 17.6 Å². The number of phosphoric acid groups is 1. The van der Waals surface area contributed by atoms with Crippen LogP contribution in [0.15, 0.2) is 15.9 Å². The summed E-state index contributed by atoms with van der Waals surface area (Å²) in [6.07, 6.45) is -1.27. The average molecular weight is 377 g/mol. The zero-order valence-corrected chi connectivity index (χ0v) is 14.3. The van der Waals surface area contributed by atoms with Gasteiger partial charge in [-0.2, -0.15) is 0 Å². The molecule has 1 aliphatic rings. The topological polar surface area (TPSA) is 160 Å². The predicted octanol–water partition coefficient (Wildman–Crippen LogP) is -2.39. The summed E-state index contributed by atoms with van der Waals surface area (Å²) in [5, 5.41) is 9.36. The monoisotopic (exact) mass is 377 g/mol. The van der Waals surface area contributed by atoms with Crippen LogP contribution in [0.2, 0.25) is 0 Å². The van der Waals surface area contributed by atoms with Gasteiger partial charge >= 0.3 is 19.1 Å². The summed E-state index contributed by atoms with van der Waals surface area (Å²) < 4.78 is 25.2. The summed E-state index contributed by atoms with van der Waals surface area (Å²) >= 11 is 0. The molecule has 3 atom stereocenters. The molecule has 3 heterocycles. The summed E-state index contributed by atoms with van der Waals surface area (Å²) in [4.78, 5) is 44.7. The van der Waals surface area contributed by atoms with Crippen molar-refractivity contribution in [2.75, 3.05) is 6.61 Å². The number of aliphatic hydroxyl groups excluding tert-OH is 1. The molecule has 12 nitrogen and oxygen atoms in total. The Labute approximate surface area is 140 Å². The van der Waals surface area contributed by atoms with Gasteiger partial charge in [-0.15, -0.1) is 0 Å². The minimum Gasteiger partial charge on any atom is -0.394 e. The maximum atomic E-state index is 12.3. The van der Waals surface area contributed by atoms with E-state index in [4.69, 9.17) is 14.5 Å². The normalized spacial score (nSPS) is 24.3. The summed E-state index contributed by atoms with van der Waals surface area (Å²) in [6, 6.07) is 0. The number of H-pyrrole nitrogens is 1. The third-order valence-electron chi connectivity index (χ3n) is 4.11. The molecule has 2 aromatic rings. The number of imidazole rings is 1. The highest BCUT2D eigenvalue weighted by atomic mass is 31.2. The van der Waals surface area contributed by atoms with E-state index in [9.17, 15) is 19.3 Å². The molecule has 1 aliphatic heterocycles. The van der Waals surface area contributed by atoms with Crippen molar-refractivity contribution in [2.45, 2.75) is 24.9 Å². The van der Waals surface area contributed by atoms with Gasteiger partial charge < -0.3 is 19.6 Å². The smallest absolute Gasteiger partial charge is 0.394 e. The minimum atomic E-state index is -4.77. The largest absolute Gasteiger partial charge is 0.469 e. The first kappa shape index (κ1) is 18.0. The molecular weight excluding hydrogens is 359 g/mol. The highest BCUT2D eigenvalue weighted by Crippen LogP contribution is 2.42. The Morgan fingerprint density at radius 1 is 1.44 bits per heavy atom. The lowest BCUT2D eigenvalue weighted by molar-refractivity contribution is -0.739. The van der Waals surface area contributed by atoms with Gasteiger partial charge in [0, 0.05) is 13.5 Å². The van der Waals surface area contributed by atoms with E-state index >= 15 is 0 Å². The highest BCUT2D eigenvalue weighted by Gasteiger charge is 2.42. The number of aromatic nitrogens is 4. The van der Waals surface area contributed by atoms with Crippen LogP contribution >= 0.6 is 7.82 Å². The van der Waals surface area contributed by atoms with E-state index in [0.717, 1.165) is 4.57 Å². The molecule has 1 fully saturated rings. The van der Waals surface area contributed by atoms with Gasteiger partial charge in [0.15, 0.2) is 12.6 Å². The molecule has 13 heteroatoms. The average Bonchev–Trinajstić information content (AvgIpc) is 3.04. The van der Waals surface area contributed by atoms with Gasteiger partial charge in [-0.1, -0.05) is 0 Å². The lowest BCUT2D eigenvalue weighted by Crippen LogP contribution is -2.42. The van der Waals surface area contributed by atoms with Crippen LogP contribution in [0.4, 0.5) is 0 Å². The van der Waals surface area contributed by atoms with Crippen molar-refractivity contribution < 1.29 is 33.3 Å². The third-order valence-corrected chi connectivity index (χ3v) is 4.66.